The van der Waals surface area contributed by atoms with E-state index in [0.717, 1.165) is 28.7 Å². The third-order valence-corrected chi connectivity index (χ3v) is 3.53. The fraction of sp³-hybridized carbons (Fsp3) is 0.235. The number of hydrogen-bond donors (Lipinski definition) is 2. The Labute approximate surface area is 128 Å². The van der Waals surface area contributed by atoms with Crippen molar-refractivity contribution in [2.75, 3.05) is 12.3 Å². The first-order chi connectivity index (χ1) is 10.7. The number of aromatic nitrogens is 2. The summed E-state index contributed by atoms with van der Waals surface area (Å²) in [6.45, 7) is 3.15. The van der Waals surface area contributed by atoms with Crippen molar-refractivity contribution in [3.63, 3.8) is 0 Å². The molecule has 3 rings (SSSR count). The molecule has 0 saturated heterocycles. The van der Waals surface area contributed by atoms with Crippen LogP contribution in [-0.4, -0.2) is 16.2 Å². The van der Waals surface area contributed by atoms with Crippen LogP contribution in [0.2, 0.25) is 0 Å². The molecule has 0 amide bonds. The summed E-state index contributed by atoms with van der Waals surface area (Å²) in [6, 6.07) is 9.41. The van der Waals surface area contributed by atoms with Gasteiger partial charge in [-0.2, -0.15) is 0 Å². The first-order valence-corrected chi connectivity index (χ1v) is 7.36. The minimum absolute atomic E-state index is 0.0945. The van der Waals surface area contributed by atoms with Crippen LogP contribution in [0.15, 0.2) is 47.5 Å². The largest absolute Gasteiger partial charge is 0.488 e. The number of aromatic amines is 1. The van der Waals surface area contributed by atoms with Crippen LogP contribution in [0, 0.1) is 0 Å². The molecule has 0 saturated carbocycles. The molecule has 1 aromatic carbocycles. The molecule has 0 bridgehead atoms. The summed E-state index contributed by atoms with van der Waals surface area (Å²) in [5.74, 6) is 0.371. The van der Waals surface area contributed by atoms with E-state index >= 15 is 0 Å². The first kappa shape index (κ1) is 14.3. The SMILES string of the molecule is CCCOc1c[nH]c(Cn2ccc3cc(N)ccc32)cc1=O. The highest BCUT2D eigenvalue weighted by atomic mass is 16.5. The molecule has 0 aliphatic rings. The van der Waals surface area contributed by atoms with Gasteiger partial charge in [0.25, 0.3) is 0 Å². The van der Waals surface area contributed by atoms with E-state index in [9.17, 15) is 4.79 Å². The van der Waals surface area contributed by atoms with Crippen LogP contribution in [0.4, 0.5) is 5.69 Å². The molecule has 0 spiro atoms. The number of benzene rings is 1. The van der Waals surface area contributed by atoms with Crippen molar-refractivity contribution >= 4 is 16.6 Å². The minimum atomic E-state index is -0.0945. The summed E-state index contributed by atoms with van der Waals surface area (Å²) >= 11 is 0. The molecule has 3 aromatic rings. The Morgan fingerprint density at radius 1 is 1.27 bits per heavy atom. The van der Waals surface area contributed by atoms with Crippen LogP contribution in [0.5, 0.6) is 5.75 Å². The maximum atomic E-state index is 12.0. The second-order valence-corrected chi connectivity index (χ2v) is 5.30. The number of hydrogen-bond acceptors (Lipinski definition) is 3. The monoisotopic (exact) mass is 297 g/mol. The van der Waals surface area contributed by atoms with E-state index in [1.54, 1.807) is 12.3 Å². The van der Waals surface area contributed by atoms with Crippen molar-refractivity contribution in [2.45, 2.75) is 19.9 Å². The van der Waals surface area contributed by atoms with Gasteiger partial charge in [0.2, 0.25) is 5.43 Å². The normalized spacial score (nSPS) is 11.0. The van der Waals surface area contributed by atoms with Gasteiger partial charge in [-0.15, -0.1) is 0 Å². The Kier molecular flexibility index (Phi) is 3.87. The number of ether oxygens (including phenoxy) is 1. The average Bonchev–Trinajstić information content (AvgIpc) is 2.88. The molecule has 0 aliphatic carbocycles. The second kappa shape index (κ2) is 5.97. The maximum absolute atomic E-state index is 12.0. The van der Waals surface area contributed by atoms with Gasteiger partial charge in [0, 0.05) is 40.7 Å². The number of nitrogens with two attached hydrogens (primary N) is 1. The fourth-order valence-corrected chi connectivity index (χ4v) is 2.46. The van der Waals surface area contributed by atoms with E-state index in [1.807, 2.05) is 37.4 Å². The van der Waals surface area contributed by atoms with E-state index in [4.69, 9.17) is 10.5 Å². The average molecular weight is 297 g/mol. The van der Waals surface area contributed by atoms with Crippen molar-refractivity contribution in [1.82, 2.24) is 9.55 Å². The molecule has 0 fully saturated rings. The topological polar surface area (TPSA) is 73.0 Å². The van der Waals surface area contributed by atoms with Gasteiger partial charge in [0.15, 0.2) is 5.75 Å². The molecule has 2 aromatic heterocycles. The molecular weight excluding hydrogens is 278 g/mol. The first-order valence-electron chi connectivity index (χ1n) is 7.36. The summed E-state index contributed by atoms with van der Waals surface area (Å²) in [5.41, 5.74) is 8.36. The van der Waals surface area contributed by atoms with Gasteiger partial charge in [-0.3, -0.25) is 4.79 Å². The zero-order chi connectivity index (χ0) is 15.5. The van der Waals surface area contributed by atoms with Crippen molar-refractivity contribution < 1.29 is 4.74 Å². The Morgan fingerprint density at radius 3 is 2.91 bits per heavy atom. The molecule has 3 N–H and O–H groups in total. The molecular formula is C17H19N3O2. The van der Waals surface area contributed by atoms with Gasteiger partial charge in [0.1, 0.15) is 0 Å². The third-order valence-electron chi connectivity index (χ3n) is 3.53. The lowest BCUT2D eigenvalue weighted by Crippen LogP contribution is -2.11. The molecule has 0 aliphatic heterocycles. The number of anilines is 1. The minimum Gasteiger partial charge on any atom is -0.488 e. The number of fused-ring (bicyclic) bond motifs is 1. The summed E-state index contributed by atoms with van der Waals surface area (Å²) in [7, 11) is 0. The Balaban J connectivity index is 1.86. The van der Waals surface area contributed by atoms with Crippen LogP contribution < -0.4 is 15.9 Å². The molecule has 0 atom stereocenters. The standard InChI is InChI=1S/C17H19N3O2/c1-2-7-22-17-10-19-14(9-16(17)21)11-20-6-5-12-8-13(18)3-4-15(12)20/h3-6,8-10H,2,7,11,18H2,1H3,(H,19,21). The molecule has 2 heterocycles. The third kappa shape index (κ3) is 2.83. The number of nitrogens with zero attached hydrogens (tertiary/aromatic N) is 1. The summed E-state index contributed by atoms with van der Waals surface area (Å²) in [5, 5.41) is 1.09. The lowest BCUT2D eigenvalue weighted by molar-refractivity contribution is 0.313. The van der Waals surface area contributed by atoms with Crippen LogP contribution in [0.25, 0.3) is 10.9 Å². The van der Waals surface area contributed by atoms with Crippen LogP contribution >= 0.6 is 0 Å². The summed E-state index contributed by atoms with van der Waals surface area (Å²) in [6.07, 6.45) is 4.50. The molecule has 0 radical (unpaired) electrons. The summed E-state index contributed by atoms with van der Waals surface area (Å²) < 4.78 is 7.47. The quantitative estimate of drug-likeness (QED) is 0.711. The van der Waals surface area contributed by atoms with Gasteiger partial charge in [-0.05, 0) is 30.7 Å². The van der Waals surface area contributed by atoms with Crippen LogP contribution in [0.3, 0.4) is 0 Å². The zero-order valence-corrected chi connectivity index (χ0v) is 12.5. The highest BCUT2D eigenvalue weighted by molar-refractivity contribution is 5.83. The lowest BCUT2D eigenvalue weighted by atomic mass is 10.2. The predicted molar refractivity (Wildman–Crippen MR) is 88.3 cm³/mol. The Morgan fingerprint density at radius 2 is 2.14 bits per heavy atom. The number of pyridine rings is 1. The maximum Gasteiger partial charge on any atom is 0.223 e. The highest BCUT2D eigenvalue weighted by Gasteiger charge is 2.05. The van der Waals surface area contributed by atoms with E-state index < -0.39 is 0 Å². The fourth-order valence-electron chi connectivity index (χ4n) is 2.46. The number of nitrogens with one attached hydrogen (secondary N) is 1. The van der Waals surface area contributed by atoms with Gasteiger partial charge in [0.05, 0.1) is 13.2 Å². The van der Waals surface area contributed by atoms with Gasteiger partial charge in [-0.25, -0.2) is 0 Å². The smallest absolute Gasteiger partial charge is 0.223 e. The zero-order valence-electron chi connectivity index (χ0n) is 12.5. The van der Waals surface area contributed by atoms with Crippen molar-refractivity contribution in [2.24, 2.45) is 0 Å². The molecule has 5 nitrogen and oxygen atoms in total. The van der Waals surface area contributed by atoms with E-state index in [0.29, 0.717) is 18.9 Å². The molecule has 22 heavy (non-hydrogen) atoms. The molecule has 5 heteroatoms. The van der Waals surface area contributed by atoms with Crippen molar-refractivity contribution in [1.29, 1.82) is 0 Å². The highest BCUT2D eigenvalue weighted by Crippen LogP contribution is 2.19. The van der Waals surface area contributed by atoms with E-state index in [2.05, 4.69) is 9.55 Å². The van der Waals surface area contributed by atoms with Crippen LogP contribution in [-0.2, 0) is 6.54 Å². The van der Waals surface area contributed by atoms with Crippen molar-refractivity contribution in [3.05, 3.63) is 58.6 Å². The molecule has 0 unspecified atom stereocenters. The van der Waals surface area contributed by atoms with Crippen LogP contribution in [0.1, 0.15) is 19.0 Å². The Hall–Kier alpha value is -2.69. The van der Waals surface area contributed by atoms with Crippen molar-refractivity contribution in [3.8, 4) is 5.75 Å². The van der Waals surface area contributed by atoms with Gasteiger partial charge < -0.3 is 20.0 Å². The van der Waals surface area contributed by atoms with Gasteiger partial charge >= 0.3 is 0 Å². The predicted octanol–water partition coefficient (Wildman–Crippen LogP) is 2.75. The molecule has 114 valence electrons. The number of H-pyrrole nitrogens is 1. The lowest BCUT2D eigenvalue weighted by Gasteiger charge is -2.08. The van der Waals surface area contributed by atoms with E-state index in [-0.39, 0.29) is 5.43 Å². The second-order valence-electron chi connectivity index (χ2n) is 5.30. The van der Waals surface area contributed by atoms with Gasteiger partial charge in [-0.1, -0.05) is 6.92 Å². The van der Waals surface area contributed by atoms with E-state index in [1.165, 1.54) is 0 Å². The summed E-state index contributed by atoms with van der Waals surface area (Å²) in [4.78, 5) is 15.1. The number of rotatable bonds is 5. The number of nitrogen functional groups attached to an aromatic ring is 1. The Bertz CT molecular complexity index is 848.